The van der Waals surface area contributed by atoms with Crippen LogP contribution >= 0.6 is 0 Å². The van der Waals surface area contributed by atoms with Crippen molar-refractivity contribution in [2.24, 2.45) is 0 Å². The molecule has 0 atom stereocenters. The van der Waals surface area contributed by atoms with E-state index in [-0.39, 0.29) is 0 Å². The second-order valence-corrected chi connectivity index (χ2v) is 4.85. The van der Waals surface area contributed by atoms with Crippen LogP contribution in [0.5, 0.6) is 0 Å². The van der Waals surface area contributed by atoms with Crippen molar-refractivity contribution in [1.29, 1.82) is 0 Å². The molecule has 0 N–H and O–H groups in total. The molecule has 0 radical (unpaired) electrons. The second kappa shape index (κ2) is 4.23. The molecule has 2 heterocycles. The van der Waals surface area contributed by atoms with E-state index in [0.717, 1.165) is 17.2 Å². The van der Waals surface area contributed by atoms with Crippen molar-refractivity contribution in [2.45, 2.75) is 13.8 Å². The van der Waals surface area contributed by atoms with Crippen molar-refractivity contribution in [3.8, 4) is 0 Å². The van der Waals surface area contributed by atoms with Crippen LogP contribution in [0.4, 0.5) is 11.4 Å². The predicted molar refractivity (Wildman–Crippen MR) is 75.5 cm³/mol. The van der Waals surface area contributed by atoms with Crippen LogP contribution in [0.15, 0.2) is 24.4 Å². The number of imidazole rings is 1. The third kappa shape index (κ3) is 1.88. The monoisotopic (exact) mass is 286 g/mol. The lowest BCUT2D eigenvalue weighted by atomic mass is 10.2. The van der Waals surface area contributed by atoms with E-state index in [0.29, 0.717) is 16.7 Å². The van der Waals surface area contributed by atoms with E-state index >= 15 is 0 Å². The molecule has 0 unspecified atom stereocenters. The molecule has 0 aliphatic rings. The molecule has 2 aromatic heterocycles. The Morgan fingerprint density at radius 3 is 2.29 bits per heavy atom. The standard InChI is InChI=1S/C13H10N4O4/c1-7-3-8(2)13-14-9-4-11(16(18)19)12(17(20)21)5-10(9)15(13)6-7/h3-6H,1-2H3. The summed E-state index contributed by atoms with van der Waals surface area (Å²) in [5.74, 6) is 0. The number of nitro groups is 2. The molecule has 0 bridgehead atoms. The Morgan fingerprint density at radius 2 is 1.67 bits per heavy atom. The summed E-state index contributed by atoms with van der Waals surface area (Å²) in [5, 5.41) is 22.0. The van der Waals surface area contributed by atoms with Gasteiger partial charge in [0.1, 0.15) is 5.65 Å². The fourth-order valence-corrected chi connectivity index (χ4v) is 2.47. The number of rotatable bonds is 2. The molecule has 0 aliphatic carbocycles. The van der Waals surface area contributed by atoms with Gasteiger partial charge < -0.3 is 0 Å². The number of aromatic nitrogens is 2. The lowest BCUT2D eigenvalue weighted by Crippen LogP contribution is -1.97. The van der Waals surface area contributed by atoms with Crippen molar-refractivity contribution in [2.75, 3.05) is 0 Å². The normalized spacial score (nSPS) is 11.1. The zero-order chi connectivity index (χ0) is 15.3. The molecule has 1 aromatic carbocycles. The molecule has 0 spiro atoms. The van der Waals surface area contributed by atoms with Gasteiger partial charge in [0, 0.05) is 12.3 Å². The smallest absolute Gasteiger partial charge is 0.299 e. The highest BCUT2D eigenvalue weighted by Crippen LogP contribution is 2.32. The maximum absolute atomic E-state index is 11.0. The molecule has 3 rings (SSSR count). The van der Waals surface area contributed by atoms with Gasteiger partial charge in [-0.05, 0) is 25.0 Å². The van der Waals surface area contributed by atoms with E-state index in [1.54, 1.807) is 10.6 Å². The number of nitro benzene ring substituents is 2. The SMILES string of the molecule is Cc1cc(C)c2nc3cc([N+](=O)[O-])c([N+](=O)[O-])cc3n2c1. The average molecular weight is 286 g/mol. The molecule has 3 aromatic rings. The lowest BCUT2D eigenvalue weighted by Gasteiger charge is -2.01. The molecule has 0 saturated heterocycles. The van der Waals surface area contributed by atoms with E-state index in [4.69, 9.17) is 0 Å². The van der Waals surface area contributed by atoms with Crippen LogP contribution in [0.2, 0.25) is 0 Å². The highest BCUT2D eigenvalue weighted by atomic mass is 16.6. The van der Waals surface area contributed by atoms with Crippen LogP contribution in [0.3, 0.4) is 0 Å². The minimum atomic E-state index is -0.764. The molecular weight excluding hydrogens is 276 g/mol. The Morgan fingerprint density at radius 1 is 1.05 bits per heavy atom. The van der Waals surface area contributed by atoms with Gasteiger partial charge in [-0.25, -0.2) is 4.98 Å². The van der Waals surface area contributed by atoms with Crippen LogP contribution in [-0.4, -0.2) is 19.2 Å². The Kier molecular flexibility index (Phi) is 2.62. The molecule has 8 nitrogen and oxygen atoms in total. The summed E-state index contributed by atoms with van der Waals surface area (Å²) in [4.78, 5) is 24.8. The summed E-state index contributed by atoms with van der Waals surface area (Å²) in [6.07, 6.45) is 1.80. The van der Waals surface area contributed by atoms with Crippen molar-refractivity contribution >= 4 is 28.1 Å². The Balaban J connectivity index is 2.49. The first-order chi connectivity index (χ1) is 9.88. The summed E-state index contributed by atoms with van der Waals surface area (Å²) in [6.45, 7) is 3.77. The Hall–Kier alpha value is -3.03. The van der Waals surface area contributed by atoms with Gasteiger partial charge in [-0.3, -0.25) is 24.6 Å². The van der Waals surface area contributed by atoms with Crippen molar-refractivity contribution < 1.29 is 9.85 Å². The highest BCUT2D eigenvalue weighted by molar-refractivity contribution is 5.87. The maximum atomic E-state index is 11.0. The van der Waals surface area contributed by atoms with Gasteiger partial charge in [0.25, 0.3) is 0 Å². The van der Waals surface area contributed by atoms with E-state index in [9.17, 15) is 20.2 Å². The molecular formula is C13H10N4O4. The summed E-state index contributed by atoms with van der Waals surface area (Å²) < 4.78 is 1.72. The van der Waals surface area contributed by atoms with E-state index in [1.807, 2.05) is 19.9 Å². The fraction of sp³-hybridized carbons (Fsp3) is 0.154. The predicted octanol–water partition coefficient (Wildman–Crippen LogP) is 2.92. The van der Waals surface area contributed by atoms with Gasteiger partial charge in [-0.1, -0.05) is 6.07 Å². The van der Waals surface area contributed by atoms with Gasteiger partial charge in [-0.15, -0.1) is 0 Å². The second-order valence-electron chi connectivity index (χ2n) is 4.85. The van der Waals surface area contributed by atoms with Crippen LogP contribution in [-0.2, 0) is 0 Å². The molecule has 0 aliphatic heterocycles. The summed E-state index contributed by atoms with van der Waals surface area (Å²) in [5.41, 5.74) is 2.26. The molecule has 8 heteroatoms. The van der Waals surface area contributed by atoms with Gasteiger partial charge in [0.05, 0.1) is 26.9 Å². The zero-order valence-corrected chi connectivity index (χ0v) is 11.2. The molecule has 0 fully saturated rings. The van der Waals surface area contributed by atoms with Crippen LogP contribution in [0.1, 0.15) is 11.1 Å². The van der Waals surface area contributed by atoms with E-state index in [2.05, 4.69) is 4.98 Å². The Bertz CT molecular complexity index is 929. The average Bonchev–Trinajstić information content (AvgIpc) is 2.75. The first-order valence-electron chi connectivity index (χ1n) is 6.10. The number of pyridine rings is 1. The number of fused-ring (bicyclic) bond motifs is 3. The van der Waals surface area contributed by atoms with Crippen molar-refractivity contribution in [1.82, 2.24) is 9.38 Å². The number of aryl methyl sites for hydroxylation is 2. The molecule has 106 valence electrons. The topological polar surface area (TPSA) is 104 Å². The fourth-order valence-electron chi connectivity index (χ4n) is 2.47. The summed E-state index contributed by atoms with van der Waals surface area (Å²) >= 11 is 0. The van der Waals surface area contributed by atoms with Gasteiger partial charge in [0.15, 0.2) is 0 Å². The maximum Gasteiger partial charge on any atom is 0.348 e. The number of hydrogen-bond donors (Lipinski definition) is 0. The third-order valence-corrected chi connectivity index (χ3v) is 3.31. The van der Waals surface area contributed by atoms with Crippen LogP contribution < -0.4 is 0 Å². The molecule has 0 saturated carbocycles. The minimum Gasteiger partial charge on any atom is -0.299 e. The minimum absolute atomic E-state index is 0.362. The molecule has 21 heavy (non-hydrogen) atoms. The number of benzene rings is 1. The van der Waals surface area contributed by atoms with Gasteiger partial charge >= 0.3 is 11.4 Å². The number of nitrogens with zero attached hydrogens (tertiary/aromatic N) is 4. The molecule has 0 amide bonds. The van der Waals surface area contributed by atoms with E-state index in [1.165, 1.54) is 6.07 Å². The lowest BCUT2D eigenvalue weighted by molar-refractivity contribution is -0.422. The van der Waals surface area contributed by atoms with E-state index < -0.39 is 21.2 Å². The quantitative estimate of drug-likeness (QED) is 0.532. The summed E-state index contributed by atoms with van der Waals surface area (Å²) in [7, 11) is 0. The highest BCUT2D eigenvalue weighted by Gasteiger charge is 2.26. The van der Waals surface area contributed by atoms with Crippen molar-refractivity contribution in [3.63, 3.8) is 0 Å². The Labute approximate surface area is 117 Å². The van der Waals surface area contributed by atoms with Crippen molar-refractivity contribution in [3.05, 3.63) is 55.8 Å². The first-order valence-corrected chi connectivity index (χ1v) is 6.10. The third-order valence-electron chi connectivity index (χ3n) is 3.31. The summed E-state index contributed by atoms with van der Waals surface area (Å²) in [6, 6.07) is 4.28. The van der Waals surface area contributed by atoms with Crippen LogP contribution in [0.25, 0.3) is 16.7 Å². The van der Waals surface area contributed by atoms with Gasteiger partial charge in [-0.2, -0.15) is 0 Å². The number of hydrogen-bond acceptors (Lipinski definition) is 5. The first kappa shape index (κ1) is 13.0. The largest absolute Gasteiger partial charge is 0.348 e. The van der Waals surface area contributed by atoms with Crippen LogP contribution in [0, 0.1) is 34.1 Å². The zero-order valence-electron chi connectivity index (χ0n) is 11.2. The van der Waals surface area contributed by atoms with Gasteiger partial charge in [0.2, 0.25) is 0 Å².